The molecule has 158 valence electrons. The zero-order valence-corrected chi connectivity index (χ0v) is 17.9. The lowest BCUT2D eigenvalue weighted by atomic mass is 9.86. The average Bonchev–Trinajstić information content (AvgIpc) is 3.18. The molecule has 6 heteroatoms. The molecule has 1 aliphatic rings. The molecular formula is C26H24N6. The molecule has 0 unspecified atom stereocenters. The van der Waals surface area contributed by atoms with E-state index in [2.05, 4.69) is 22.6 Å². The van der Waals surface area contributed by atoms with E-state index in [0.717, 1.165) is 41.4 Å². The third-order valence-electron chi connectivity index (χ3n) is 6.16. The number of nitrogens with two attached hydrogens (primary N) is 1. The summed E-state index contributed by atoms with van der Waals surface area (Å²) in [6, 6.07) is 20.0. The molecular weight excluding hydrogens is 396 g/mol. The Balaban J connectivity index is 1.44. The molecule has 1 aromatic heterocycles. The Morgan fingerprint density at radius 2 is 2.06 bits per heavy atom. The third-order valence-corrected chi connectivity index (χ3v) is 6.16. The molecule has 1 heterocycles. The van der Waals surface area contributed by atoms with Gasteiger partial charge in [-0.2, -0.15) is 10.4 Å². The Morgan fingerprint density at radius 1 is 1.19 bits per heavy atom. The quantitative estimate of drug-likeness (QED) is 0.321. The zero-order valence-electron chi connectivity index (χ0n) is 17.9. The minimum Gasteiger partial charge on any atom is -0.398 e. The van der Waals surface area contributed by atoms with Crippen LogP contribution in [0.1, 0.15) is 46.7 Å². The highest BCUT2D eigenvalue weighted by molar-refractivity contribution is 6.15. The van der Waals surface area contributed by atoms with Gasteiger partial charge in [0.1, 0.15) is 0 Å². The number of rotatable bonds is 4. The Bertz CT molecular complexity index is 1390. The zero-order chi connectivity index (χ0) is 22.2. The van der Waals surface area contributed by atoms with Gasteiger partial charge < -0.3 is 11.1 Å². The largest absolute Gasteiger partial charge is 0.398 e. The number of nitrogens with zero attached hydrogens (tertiary/aromatic N) is 3. The van der Waals surface area contributed by atoms with Crippen LogP contribution in [0.25, 0.3) is 10.9 Å². The van der Waals surface area contributed by atoms with Crippen molar-refractivity contribution in [2.24, 2.45) is 7.05 Å². The summed E-state index contributed by atoms with van der Waals surface area (Å²) in [4.78, 5) is 0. The van der Waals surface area contributed by atoms with E-state index < -0.39 is 0 Å². The number of benzene rings is 3. The number of nitrogen functional groups attached to an aromatic ring is 1. The fourth-order valence-electron chi connectivity index (χ4n) is 4.55. The van der Waals surface area contributed by atoms with Crippen molar-refractivity contribution in [2.75, 3.05) is 11.1 Å². The van der Waals surface area contributed by atoms with Gasteiger partial charge in [0, 0.05) is 41.1 Å². The highest BCUT2D eigenvalue weighted by atomic mass is 15.2. The Labute approximate surface area is 186 Å². The molecule has 4 N–H and O–H groups in total. The molecule has 0 aliphatic heterocycles. The summed E-state index contributed by atoms with van der Waals surface area (Å²) in [5.74, 6) is 0. The van der Waals surface area contributed by atoms with Gasteiger partial charge in [-0.25, -0.2) is 0 Å². The minimum absolute atomic E-state index is 0.169. The van der Waals surface area contributed by atoms with E-state index in [1.54, 1.807) is 4.68 Å². The monoisotopic (exact) mass is 420 g/mol. The van der Waals surface area contributed by atoms with Crippen LogP contribution in [-0.2, 0) is 13.5 Å². The van der Waals surface area contributed by atoms with Crippen LogP contribution < -0.4 is 11.1 Å². The lowest BCUT2D eigenvalue weighted by molar-refractivity contribution is 0.600. The van der Waals surface area contributed by atoms with Crippen LogP contribution >= 0.6 is 0 Å². The van der Waals surface area contributed by atoms with Gasteiger partial charge in [0.05, 0.1) is 28.9 Å². The second-order valence-electron chi connectivity index (χ2n) is 8.37. The van der Waals surface area contributed by atoms with Gasteiger partial charge in [-0.3, -0.25) is 10.1 Å². The molecule has 3 aromatic carbocycles. The van der Waals surface area contributed by atoms with Gasteiger partial charge in [0.25, 0.3) is 0 Å². The summed E-state index contributed by atoms with van der Waals surface area (Å²) in [5, 5.41) is 27.1. The SMILES string of the molecule is Cn1cc2ccc(C(=N)c3cc(N[C@H]4CCCc5cc(C#N)ccc54)ccc3N)cc2n1. The number of fused-ring (bicyclic) bond motifs is 2. The topological polar surface area (TPSA) is 104 Å². The van der Waals surface area contributed by atoms with E-state index in [-0.39, 0.29) is 6.04 Å². The van der Waals surface area contributed by atoms with Crippen LogP contribution in [0.3, 0.4) is 0 Å². The first kappa shape index (κ1) is 19.8. The number of aryl methyl sites for hydroxylation is 2. The van der Waals surface area contributed by atoms with E-state index in [0.29, 0.717) is 22.5 Å². The number of aromatic nitrogens is 2. The summed E-state index contributed by atoms with van der Waals surface area (Å²) in [7, 11) is 1.89. The predicted molar refractivity (Wildman–Crippen MR) is 128 cm³/mol. The first-order valence-corrected chi connectivity index (χ1v) is 10.7. The molecule has 0 fully saturated rings. The lowest BCUT2D eigenvalue weighted by Crippen LogP contribution is -2.18. The molecule has 5 rings (SSSR count). The predicted octanol–water partition coefficient (Wildman–Crippen LogP) is 4.93. The van der Waals surface area contributed by atoms with Crippen molar-refractivity contribution in [3.05, 3.63) is 88.6 Å². The van der Waals surface area contributed by atoms with E-state index in [1.807, 2.05) is 61.8 Å². The number of nitriles is 1. The molecule has 1 atom stereocenters. The minimum atomic E-state index is 0.169. The molecule has 32 heavy (non-hydrogen) atoms. The van der Waals surface area contributed by atoms with Crippen molar-refractivity contribution in [3.63, 3.8) is 0 Å². The number of hydrogen-bond donors (Lipinski definition) is 3. The maximum Gasteiger partial charge on any atom is 0.0991 e. The van der Waals surface area contributed by atoms with Crippen LogP contribution in [0.15, 0.2) is 60.8 Å². The smallest absolute Gasteiger partial charge is 0.0991 e. The normalized spacial score (nSPS) is 15.2. The van der Waals surface area contributed by atoms with Crippen molar-refractivity contribution in [1.82, 2.24) is 9.78 Å². The van der Waals surface area contributed by atoms with Gasteiger partial charge in [-0.1, -0.05) is 18.2 Å². The maximum atomic E-state index is 9.20. The van der Waals surface area contributed by atoms with Crippen LogP contribution in [0.5, 0.6) is 0 Å². The standard InChI is InChI=1S/C26H24N6/c1-32-15-19-7-6-18(12-25(19)31-32)26(29)22-13-20(8-10-23(22)28)30-24-4-2-3-17-11-16(14-27)5-9-21(17)24/h5-13,15,24,29-30H,2-4,28H2,1H3/t24-/m0/s1. The fraction of sp³-hybridized carbons (Fsp3) is 0.192. The van der Waals surface area contributed by atoms with Crippen LogP contribution in [0, 0.1) is 16.7 Å². The van der Waals surface area contributed by atoms with Crippen molar-refractivity contribution >= 4 is 28.0 Å². The first-order chi connectivity index (χ1) is 15.5. The van der Waals surface area contributed by atoms with Crippen LogP contribution in [0.2, 0.25) is 0 Å². The molecule has 0 amide bonds. The van der Waals surface area contributed by atoms with Gasteiger partial charge in [-0.05, 0) is 66.8 Å². The van der Waals surface area contributed by atoms with Crippen molar-refractivity contribution < 1.29 is 0 Å². The summed E-state index contributed by atoms with van der Waals surface area (Å²) in [5.41, 5.74) is 13.7. The van der Waals surface area contributed by atoms with Gasteiger partial charge in [-0.15, -0.1) is 0 Å². The Hall–Kier alpha value is -4.11. The second kappa shape index (κ2) is 7.86. The summed E-state index contributed by atoms with van der Waals surface area (Å²) in [6.07, 6.45) is 5.05. The average molecular weight is 421 g/mol. The molecule has 0 spiro atoms. The summed E-state index contributed by atoms with van der Waals surface area (Å²) in [6.45, 7) is 0. The fourth-order valence-corrected chi connectivity index (χ4v) is 4.55. The molecule has 1 aliphatic carbocycles. The maximum absolute atomic E-state index is 9.20. The highest BCUT2D eigenvalue weighted by Crippen LogP contribution is 2.34. The summed E-state index contributed by atoms with van der Waals surface area (Å²) >= 11 is 0. The third kappa shape index (κ3) is 3.58. The molecule has 0 radical (unpaired) electrons. The first-order valence-electron chi connectivity index (χ1n) is 10.7. The van der Waals surface area contributed by atoms with E-state index in [1.165, 1.54) is 11.1 Å². The van der Waals surface area contributed by atoms with Gasteiger partial charge in [0.15, 0.2) is 0 Å². The van der Waals surface area contributed by atoms with Crippen LogP contribution in [0.4, 0.5) is 11.4 Å². The molecule has 4 aromatic rings. The van der Waals surface area contributed by atoms with Crippen molar-refractivity contribution in [3.8, 4) is 6.07 Å². The molecule has 0 saturated carbocycles. The number of anilines is 2. The van der Waals surface area contributed by atoms with E-state index in [4.69, 9.17) is 11.1 Å². The highest BCUT2D eigenvalue weighted by Gasteiger charge is 2.21. The van der Waals surface area contributed by atoms with Crippen molar-refractivity contribution in [2.45, 2.75) is 25.3 Å². The van der Waals surface area contributed by atoms with E-state index in [9.17, 15) is 5.26 Å². The molecule has 0 bridgehead atoms. The second-order valence-corrected chi connectivity index (χ2v) is 8.37. The Morgan fingerprint density at radius 3 is 2.91 bits per heavy atom. The number of nitrogens with one attached hydrogen (secondary N) is 2. The Kier molecular flexibility index (Phi) is 4.87. The lowest BCUT2D eigenvalue weighted by Gasteiger charge is -2.27. The number of hydrogen-bond acceptors (Lipinski definition) is 5. The molecule has 6 nitrogen and oxygen atoms in total. The van der Waals surface area contributed by atoms with E-state index >= 15 is 0 Å². The molecule has 0 saturated heterocycles. The van der Waals surface area contributed by atoms with Crippen LogP contribution in [-0.4, -0.2) is 15.5 Å². The van der Waals surface area contributed by atoms with Gasteiger partial charge in [0.2, 0.25) is 0 Å². The summed E-state index contributed by atoms with van der Waals surface area (Å²) < 4.78 is 1.78. The van der Waals surface area contributed by atoms with Gasteiger partial charge >= 0.3 is 0 Å². The van der Waals surface area contributed by atoms with Crippen molar-refractivity contribution in [1.29, 1.82) is 10.7 Å².